The van der Waals surface area contributed by atoms with Crippen molar-refractivity contribution >= 4 is 22.7 Å². The summed E-state index contributed by atoms with van der Waals surface area (Å²) in [6.07, 6.45) is 5.74. The molecule has 0 atom stereocenters. The maximum Gasteiger partial charge on any atom is 0.225 e. The van der Waals surface area contributed by atoms with Gasteiger partial charge in [-0.05, 0) is 54.2 Å². The zero-order valence-corrected chi connectivity index (χ0v) is 18.5. The molecule has 0 unspecified atom stereocenters. The second-order valence-electron chi connectivity index (χ2n) is 8.32. The minimum absolute atomic E-state index is 0.333. The van der Waals surface area contributed by atoms with E-state index in [-0.39, 0.29) is 0 Å². The molecule has 1 saturated heterocycles. The van der Waals surface area contributed by atoms with Crippen molar-refractivity contribution < 1.29 is 0 Å². The number of rotatable bonds is 5. The average Bonchev–Trinajstić information content (AvgIpc) is 3.27. The summed E-state index contributed by atoms with van der Waals surface area (Å²) in [5.41, 5.74) is 7.38. The highest BCUT2D eigenvalue weighted by atomic mass is 15.4. The van der Waals surface area contributed by atoms with Gasteiger partial charge in [-0.2, -0.15) is 0 Å². The molecule has 7 heteroatoms. The number of fused-ring (bicyclic) bond motifs is 1. The topological polar surface area (TPSA) is 71.8 Å². The lowest BCUT2D eigenvalue weighted by atomic mass is 10.0. The van der Waals surface area contributed by atoms with Gasteiger partial charge in [0.2, 0.25) is 5.95 Å². The Hall–Kier alpha value is -3.74. The Morgan fingerprint density at radius 2 is 1.69 bits per heavy atom. The molecular weight excluding hydrogens is 398 g/mol. The maximum absolute atomic E-state index is 4.51. The van der Waals surface area contributed by atoms with E-state index in [1.54, 1.807) is 0 Å². The molecule has 0 saturated carbocycles. The molecule has 0 bridgehead atoms. The molecule has 3 heterocycles. The summed E-state index contributed by atoms with van der Waals surface area (Å²) >= 11 is 0. The molecule has 0 aliphatic carbocycles. The number of benzene rings is 2. The van der Waals surface area contributed by atoms with Gasteiger partial charge in [0, 0.05) is 38.2 Å². The second kappa shape index (κ2) is 8.42. The van der Waals surface area contributed by atoms with Crippen LogP contribution in [0, 0.1) is 6.92 Å². The fraction of sp³-hybridized carbons (Fsp3) is 0.280. The van der Waals surface area contributed by atoms with Gasteiger partial charge in [-0.3, -0.25) is 0 Å². The van der Waals surface area contributed by atoms with Crippen molar-refractivity contribution in [1.82, 2.24) is 30.3 Å². The zero-order chi connectivity index (χ0) is 22.1. The van der Waals surface area contributed by atoms with Crippen molar-refractivity contribution in [3.63, 3.8) is 0 Å². The second-order valence-corrected chi connectivity index (χ2v) is 8.32. The molecule has 0 amide bonds. The van der Waals surface area contributed by atoms with Gasteiger partial charge in [0.25, 0.3) is 0 Å². The Labute approximate surface area is 187 Å². The highest BCUT2D eigenvalue weighted by molar-refractivity contribution is 5.82. The Morgan fingerprint density at radius 3 is 2.38 bits per heavy atom. The molecule has 7 nitrogen and oxygen atoms in total. The summed E-state index contributed by atoms with van der Waals surface area (Å²) < 4.78 is 2.09. The molecular formula is C25H27N7. The number of hydrogen-bond donors (Lipinski definition) is 1. The molecule has 0 spiro atoms. The minimum atomic E-state index is 0.333. The molecule has 2 aromatic carbocycles. The summed E-state index contributed by atoms with van der Waals surface area (Å²) in [5, 5.41) is 12.1. The van der Waals surface area contributed by atoms with Crippen LogP contribution in [0.5, 0.6) is 0 Å². The molecule has 0 radical (unpaired) electrons. The summed E-state index contributed by atoms with van der Waals surface area (Å²) in [6, 6.07) is 15.1. The first-order valence-electron chi connectivity index (χ1n) is 11.0. The van der Waals surface area contributed by atoms with E-state index in [2.05, 4.69) is 84.2 Å². The highest BCUT2D eigenvalue weighted by Crippen LogP contribution is 2.29. The van der Waals surface area contributed by atoms with Crippen molar-refractivity contribution in [2.24, 2.45) is 0 Å². The van der Waals surface area contributed by atoms with Crippen LogP contribution in [0.2, 0.25) is 0 Å². The van der Waals surface area contributed by atoms with Crippen LogP contribution in [0.15, 0.2) is 61.4 Å². The largest absolute Gasteiger partial charge is 0.388 e. The van der Waals surface area contributed by atoms with Gasteiger partial charge in [0.1, 0.15) is 5.52 Å². The van der Waals surface area contributed by atoms with Crippen molar-refractivity contribution in [2.45, 2.75) is 25.8 Å². The highest BCUT2D eigenvalue weighted by Gasteiger charge is 2.24. The molecule has 1 aliphatic heterocycles. The smallest absolute Gasteiger partial charge is 0.225 e. The third-order valence-electron chi connectivity index (χ3n) is 6.20. The lowest BCUT2D eigenvalue weighted by Crippen LogP contribution is -2.36. The van der Waals surface area contributed by atoms with Gasteiger partial charge < -0.3 is 10.2 Å². The first-order chi connectivity index (χ1) is 15.6. The summed E-state index contributed by atoms with van der Waals surface area (Å²) in [4.78, 5) is 11.2. The lowest BCUT2D eigenvalue weighted by Gasteiger charge is -2.32. The fourth-order valence-corrected chi connectivity index (χ4v) is 4.26. The number of anilines is 1. The Bertz CT molecular complexity index is 1230. The van der Waals surface area contributed by atoms with E-state index >= 15 is 0 Å². The van der Waals surface area contributed by atoms with E-state index in [1.165, 1.54) is 0 Å². The number of nitrogens with one attached hydrogen (secondary N) is 1. The Balaban J connectivity index is 1.32. The van der Waals surface area contributed by atoms with Crippen LogP contribution < -0.4 is 10.2 Å². The predicted molar refractivity (Wildman–Crippen MR) is 128 cm³/mol. The van der Waals surface area contributed by atoms with Gasteiger partial charge in [0.15, 0.2) is 0 Å². The van der Waals surface area contributed by atoms with Crippen LogP contribution in [0.4, 0.5) is 5.95 Å². The molecule has 1 N–H and O–H groups in total. The third-order valence-corrected chi connectivity index (χ3v) is 6.20. The zero-order valence-electron chi connectivity index (χ0n) is 18.5. The number of nitrogens with zero attached hydrogens (tertiary/aromatic N) is 6. The number of aryl methyl sites for hydroxylation is 1. The maximum atomic E-state index is 4.51. The van der Waals surface area contributed by atoms with Crippen LogP contribution in [0.3, 0.4) is 0 Å². The van der Waals surface area contributed by atoms with E-state index in [1.807, 2.05) is 26.4 Å². The van der Waals surface area contributed by atoms with Crippen molar-refractivity contribution in [3.8, 4) is 11.1 Å². The van der Waals surface area contributed by atoms with Crippen LogP contribution in [-0.4, -0.2) is 45.1 Å². The first kappa shape index (κ1) is 20.2. The summed E-state index contributed by atoms with van der Waals surface area (Å²) in [5.74, 6) is 0.812. The predicted octanol–water partition coefficient (Wildman–Crippen LogP) is 4.23. The molecule has 2 aromatic heterocycles. The molecule has 1 aliphatic rings. The quantitative estimate of drug-likeness (QED) is 0.516. The van der Waals surface area contributed by atoms with Crippen LogP contribution in [-0.2, 0) is 0 Å². The number of piperidine rings is 1. The third kappa shape index (κ3) is 3.82. The Kier molecular flexibility index (Phi) is 5.31. The number of aromatic nitrogens is 5. The van der Waals surface area contributed by atoms with E-state index < -0.39 is 0 Å². The Morgan fingerprint density at radius 1 is 1.00 bits per heavy atom. The van der Waals surface area contributed by atoms with Gasteiger partial charge in [0.05, 0.1) is 11.6 Å². The SMILES string of the molecule is C=C(NC)c1ccc(-c2ccc3c(c2)nnn3C2CCN(c3ncc(C)cn3)CC2)cc1. The van der Waals surface area contributed by atoms with Crippen molar-refractivity contribution in [3.05, 3.63) is 72.6 Å². The summed E-state index contributed by atoms with van der Waals surface area (Å²) in [7, 11) is 1.88. The fourth-order valence-electron chi connectivity index (χ4n) is 4.26. The standard InChI is InChI=1S/C25H27N7/c1-17-15-27-25(28-16-17)31-12-10-22(11-13-31)32-24-9-8-21(14-23(24)29-30-32)20-6-4-19(5-7-20)18(2)26-3/h4-9,14-16,22,26H,2,10-13H2,1,3H3. The number of hydrogen-bond acceptors (Lipinski definition) is 6. The van der Waals surface area contributed by atoms with Gasteiger partial charge in [-0.1, -0.05) is 42.1 Å². The van der Waals surface area contributed by atoms with Crippen LogP contribution in [0.25, 0.3) is 27.9 Å². The lowest BCUT2D eigenvalue weighted by molar-refractivity contribution is 0.367. The molecule has 5 rings (SSSR count). The first-order valence-corrected chi connectivity index (χ1v) is 11.0. The molecule has 1 fully saturated rings. The van der Waals surface area contributed by atoms with E-state index in [9.17, 15) is 0 Å². The van der Waals surface area contributed by atoms with Gasteiger partial charge in [-0.15, -0.1) is 5.10 Å². The van der Waals surface area contributed by atoms with Crippen LogP contribution in [0.1, 0.15) is 30.0 Å². The van der Waals surface area contributed by atoms with Gasteiger partial charge in [-0.25, -0.2) is 14.6 Å². The minimum Gasteiger partial charge on any atom is -0.388 e. The molecule has 32 heavy (non-hydrogen) atoms. The molecule has 4 aromatic rings. The van der Waals surface area contributed by atoms with E-state index in [4.69, 9.17) is 0 Å². The van der Waals surface area contributed by atoms with Crippen molar-refractivity contribution in [1.29, 1.82) is 0 Å². The average molecular weight is 426 g/mol. The molecule has 162 valence electrons. The normalized spacial score (nSPS) is 14.6. The summed E-state index contributed by atoms with van der Waals surface area (Å²) in [6.45, 7) is 7.85. The van der Waals surface area contributed by atoms with E-state index in [0.29, 0.717) is 6.04 Å². The van der Waals surface area contributed by atoms with E-state index in [0.717, 1.165) is 70.9 Å². The van der Waals surface area contributed by atoms with Crippen LogP contribution >= 0.6 is 0 Å². The van der Waals surface area contributed by atoms with Crippen molar-refractivity contribution in [2.75, 3.05) is 25.0 Å². The van der Waals surface area contributed by atoms with Gasteiger partial charge >= 0.3 is 0 Å². The monoisotopic (exact) mass is 425 g/mol.